The van der Waals surface area contributed by atoms with E-state index in [1.54, 1.807) is 32.0 Å². The van der Waals surface area contributed by atoms with Gasteiger partial charge in [0.2, 0.25) is 11.8 Å². The van der Waals surface area contributed by atoms with E-state index < -0.39 is 0 Å². The van der Waals surface area contributed by atoms with Crippen molar-refractivity contribution in [3.8, 4) is 5.75 Å². The van der Waals surface area contributed by atoms with Gasteiger partial charge in [-0.15, -0.1) is 12.4 Å². The lowest BCUT2D eigenvalue weighted by Crippen LogP contribution is -2.34. The van der Waals surface area contributed by atoms with Crippen LogP contribution in [0.3, 0.4) is 0 Å². The van der Waals surface area contributed by atoms with Crippen LogP contribution >= 0.6 is 12.4 Å². The van der Waals surface area contributed by atoms with Gasteiger partial charge in [-0.05, 0) is 25.1 Å². The quantitative estimate of drug-likeness (QED) is 0.774. The lowest BCUT2D eigenvalue weighted by atomic mass is 10.0. The summed E-state index contributed by atoms with van der Waals surface area (Å²) >= 11 is 0. The van der Waals surface area contributed by atoms with Crippen molar-refractivity contribution in [3.63, 3.8) is 0 Å². The van der Waals surface area contributed by atoms with Crippen molar-refractivity contribution in [2.75, 3.05) is 17.7 Å². The maximum Gasteiger partial charge on any atom is 0.228 e. The Hall–Kier alpha value is -1.79. The molecule has 0 aliphatic heterocycles. The molecule has 0 spiro atoms. The number of nitrogens with one attached hydrogen (secondary N) is 2. The molecule has 1 aromatic rings. The number of methoxy groups -OCH3 is 1. The van der Waals surface area contributed by atoms with Gasteiger partial charge in [0.15, 0.2) is 0 Å². The van der Waals surface area contributed by atoms with Gasteiger partial charge < -0.3 is 21.1 Å². The maximum absolute atomic E-state index is 12.0. The van der Waals surface area contributed by atoms with E-state index in [2.05, 4.69) is 10.6 Å². The first-order valence-corrected chi connectivity index (χ1v) is 6.37. The Morgan fingerprint density at radius 2 is 1.86 bits per heavy atom. The van der Waals surface area contributed by atoms with Crippen LogP contribution in [0.15, 0.2) is 18.2 Å². The predicted molar refractivity (Wildman–Crippen MR) is 86.0 cm³/mol. The van der Waals surface area contributed by atoms with Crippen molar-refractivity contribution in [2.45, 2.75) is 26.8 Å². The highest BCUT2D eigenvalue weighted by atomic mass is 35.5. The van der Waals surface area contributed by atoms with Crippen molar-refractivity contribution in [1.82, 2.24) is 0 Å². The molecule has 6 nitrogen and oxygen atoms in total. The molecule has 0 aliphatic rings. The molecule has 0 fully saturated rings. The second-order valence-corrected chi connectivity index (χ2v) is 4.73. The summed E-state index contributed by atoms with van der Waals surface area (Å²) in [5.74, 6) is -0.192. The molecule has 2 amide bonds. The van der Waals surface area contributed by atoms with Crippen LogP contribution in [-0.2, 0) is 9.59 Å². The monoisotopic (exact) mass is 315 g/mol. The smallest absolute Gasteiger partial charge is 0.228 e. The molecule has 0 aromatic heterocycles. The zero-order valence-corrected chi connectivity index (χ0v) is 13.4. The zero-order chi connectivity index (χ0) is 15.3. The SMILES string of the molecule is COc1ccc(NC(C)=O)cc1NC(=O)C(C)C(C)N.Cl. The van der Waals surface area contributed by atoms with Gasteiger partial charge in [0.25, 0.3) is 0 Å². The zero-order valence-electron chi connectivity index (χ0n) is 12.6. The minimum atomic E-state index is -0.330. The summed E-state index contributed by atoms with van der Waals surface area (Å²) in [5.41, 5.74) is 6.79. The number of rotatable bonds is 5. The third-order valence-corrected chi connectivity index (χ3v) is 2.98. The van der Waals surface area contributed by atoms with E-state index in [0.717, 1.165) is 0 Å². The Morgan fingerprint density at radius 3 is 2.33 bits per heavy atom. The van der Waals surface area contributed by atoms with Gasteiger partial charge in [0.1, 0.15) is 5.75 Å². The number of ether oxygens (including phenoxy) is 1. The van der Waals surface area contributed by atoms with E-state index in [1.165, 1.54) is 14.0 Å². The van der Waals surface area contributed by atoms with Crippen LogP contribution in [0.1, 0.15) is 20.8 Å². The molecule has 0 heterocycles. The van der Waals surface area contributed by atoms with E-state index in [1.807, 2.05) is 0 Å². The van der Waals surface area contributed by atoms with Crippen LogP contribution in [0.5, 0.6) is 5.75 Å². The number of hydrogen-bond acceptors (Lipinski definition) is 4. The molecule has 7 heteroatoms. The molecule has 0 aliphatic carbocycles. The maximum atomic E-state index is 12.0. The van der Waals surface area contributed by atoms with Crippen molar-refractivity contribution in [2.24, 2.45) is 11.7 Å². The molecule has 0 saturated carbocycles. The first-order valence-electron chi connectivity index (χ1n) is 6.37. The molecule has 21 heavy (non-hydrogen) atoms. The van der Waals surface area contributed by atoms with Gasteiger partial charge in [-0.2, -0.15) is 0 Å². The van der Waals surface area contributed by atoms with E-state index in [0.29, 0.717) is 17.1 Å². The van der Waals surface area contributed by atoms with Crippen LogP contribution in [0.2, 0.25) is 0 Å². The highest BCUT2D eigenvalue weighted by molar-refractivity contribution is 5.96. The fourth-order valence-electron chi connectivity index (χ4n) is 1.57. The first-order chi connectivity index (χ1) is 9.35. The Bertz CT molecular complexity index is 506. The third-order valence-electron chi connectivity index (χ3n) is 2.98. The third kappa shape index (κ3) is 5.61. The first kappa shape index (κ1) is 19.2. The number of benzene rings is 1. The Balaban J connectivity index is 0.00000400. The minimum Gasteiger partial charge on any atom is -0.495 e. The van der Waals surface area contributed by atoms with Crippen molar-refractivity contribution in [3.05, 3.63) is 18.2 Å². The van der Waals surface area contributed by atoms with Gasteiger partial charge in [-0.25, -0.2) is 0 Å². The number of nitrogens with two attached hydrogens (primary N) is 1. The molecule has 4 N–H and O–H groups in total. The highest BCUT2D eigenvalue weighted by Gasteiger charge is 2.18. The lowest BCUT2D eigenvalue weighted by Gasteiger charge is -2.17. The van der Waals surface area contributed by atoms with Crippen molar-refractivity contribution >= 4 is 35.6 Å². The van der Waals surface area contributed by atoms with Crippen molar-refractivity contribution < 1.29 is 14.3 Å². The highest BCUT2D eigenvalue weighted by Crippen LogP contribution is 2.28. The van der Waals surface area contributed by atoms with Gasteiger partial charge in [-0.3, -0.25) is 9.59 Å². The summed E-state index contributed by atoms with van der Waals surface area (Å²) in [6, 6.07) is 4.77. The van der Waals surface area contributed by atoms with E-state index >= 15 is 0 Å². The number of carbonyl (C=O) groups is 2. The summed E-state index contributed by atoms with van der Waals surface area (Å²) in [6.07, 6.45) is 0. The van der Waals surface area contributed by atoms with E-state index in [4.69, 9.17) is 10.5 Å². The molecule has 1 aromatic carbocycles. The van der Waals surface area contributed by atoms with Gasteiger partial charge in [-0.1, -0.05) is 6.92 Å². The molecule has 1 rings (SSSR count). The fourth-order valence-corrected chi connectivity index (χ4v) is 1.57. The normalized spacial score (nSPS) is 12.6. The topological polar surface area (TPSA) is 93.5 Å². The number of anilines is 2. The molecular weight excluding hydrogens is 294 g/mol. The summed E-state index contributed by atoms with van der Waals surface area (Å²) in [6.45, 7) is 4.94. The fraction of sp³-hybridized carbons (Fsp3) is 0.429. The van der Waals surface area contributed by atoms with Crippen LogP contribution in [0.25, 0.3) is 0 Å². The number of carbonyl (C=O) groups excluding carboxylic acids is 2. The number of hydrogen-bond donors (Lipinski definition) is 3. The van der Waals surface area contributed by atoms with Crippen LogP contribution in [-0.4, -0.2) is 25.0 Å². The lowest BCUT2D eigenvalue weighted by molar-refractivity contribution is -0.119. The van der Waals surface area contributed by atoms with E-state index in [-0.39, 0.29) is 36.2 Å². The van der Waals surface area contributed by atoms with E-state index in [9.17, 15) is 9.59 Å². The molecule has 2 unspecified atom stereocenters. The average molecular weight is 316 g/mol. The Labute approximate surface area is 130 Å². The van der Waals surface area contributed by atoms with Crippen molar-refractivity contribution in [1.29, 1.82) is 0 Å². The van der Waals surface area contributed by atoms with Gasteiger partial charge >= 0.3 is 0 Å². The summed E-state index contributed by atoms with van der Waals surface area (Å²) < 4.78 is 5.19. The molecule has 0 radical (unpaired) electrons. The van der Waals surface area contributed by atoms with Crippen LogP contribution in [0.4, 0.5) is 11.4 Å². The summed E-state index contributed by atoms with van der Waals surface area (Å²) in [5, 5.41) is 5.41. The van der Waals surface area contributed by atoms with Crippen LogP contribution < -0.4 is 21.1 Å². The van der Waals surface area contributed by atoms with Gasteiger partial charge in [0.05, 0.1) is 18.7 Å². The molecule has 118 valence electrons. The molecular formula is C14H22ClN3O3. The number of amides is 2. The summed E-state index contributed by atoms with van der Waals surface area (Å²) in [4.78, 5) is 23.1. The largest absolute Gasteiger partial charge is 0.495 e. The Kier molecular flexibility index (Phi) is 7.76. The minimum absolute atomic E-state index is 0. The Morgan fingerprint density at radius 1 is 1.24 bits per heavy atom. The number of halogens is 1. The summed E-state index contributed by atoms with van der Waals surface area (Å²) in [7, 11) is 1.51. The standard InChI is InChI=1S/C14H21N3O3.ClH/c1-8(9(2)15)14(19)17-12-7-11(16-10(3)18)5-6-13(12)20-4;/h5-9H,15H2,1-4H3,(H,16,18)(H,17,19);1H. The van der Waals surface area contributed by atoms with Gasteiger partial charge in [0, 0.05) is 18.7 Å². The molecule has 2 atom stereocenters. The predicted octanol–water partition coefficient (Wildman–Crippen LogP) is 2.00. The second kappa shape index (κ2) is 8.49. The second-order valence-electron chi connectivity index (χ2n) is 4.73. The molecule has 0 saturated heterocycles. The average Bonchev–Trinajstić information content (AvgIpc) is 2.37. The van der Waals surface area contributed by atoms with Crippen LogP contribution in [0, 0.1) is 5.92 Å². The molecule has 0 bridgehead atoms.